The first-order chi connectivity index (χ1) is 9.06. The number of nitrogens with one attached hydrogen (secondary N) is 1. The molecule has 1 rings (SSSR count). The molecule has 5 heteroatoms. The van der Waals surface area contributed by atoms with Crippen molar-refractivity contribution in [2.24, 2.45) is 0 Å². The summed E-state index contributed by atoms with van der Waals surface area (Å²) in [5, 5.41) is 3.38. The van der Waals surface area contributed by atoms with Gasteiger partial charge in [0.1, 0.15) is 17.5 Å². The molecule has 1 aromatic rings. The van der Waals surface area contributed by atoms with Gasteiger partial charge < -0.3 is 15.1 Å². The first-order valence-electron chi connectivity index (χ1n) is 7.06. The lowest BCUT2D eigenvalue weighted by Gasteiger charge is -2.20. The number of hydrogen-bond acceptors (Lipinski definition) is 5. The van der Waals surface area contributed by atoms with Gasteiger partial charge in [-0.15, -0.1) is 0 Å². The van der Waals surface area contributed by atoms with Crippen molar-refractivity contribution in [3.05, 3.63) is 11.9 Å². The molecule has 5 nitrogen and oxygen atoms in total. The number of anilines is 2. The third kappa shape index (κ3) is 5.42. The van der Waals surface area contributed by atoms with Crippen LogP contribution in [-0.2, 0) is 0 Å². The van der Waals surface area contributed by atoms with Crippen LogP contribution >= 0.6 is 0 Å². The Kier molecular flexibility index (Phi) is 6.56. The lowest BCUT2D eigenvalue weighted by Crippen LogP contribution is -2.24. The topological polar surface area (TPSA) is 44.3 Å². The molecule has 0 aliphatic rings. The average molecular weight is 265 g/mol. The van der Waals surface area contributed by atoms with Gasteiger partial charge in [0.15, 0.2) is 0 Å². The Labute approximate surface area is 117 Å². The summed E-state index contributed by atoms with van der Waals surface area (Å²) in [5.41, 5.74) is 0. The van der Waals surface area contributed by atoms with Gasteiger partial charge in [-0.1, -0.05) is 0 Å². The van der Waals surface area contributed by atoms with Crippen molar-refractivity contribution in [2.45, 2.75) is 27.2 Å². The Hall–Kier alpha value is -1.36. The van der Waals surface area contributed by atoms with Crippen molar-refractivity contribution in [2.75, 3.05) is 50.5 Å². The zero-order valence-electron chi connectivity index (χ0n) is 12.9. The van der Waals surface area contributed by atoms with Gasteiger partial charge in [-0.05, 0) is 47.8 Å². The fourth-order valence-corrected chi connectivity index (χ4v) is 1.96. The summed E-state index contributed by atoms with van der Waals surface area (Å²) in [6.45, 7) is 10.2. The van der Waals surface area contributed by atoms with Crippen LogP contribution in [0, 0.1) is 6.92 Å². The zero-order chi connectivity index (χ0) is 14.3. The number of hydrogen-bond donors (Lipinski definition) is 1. The van der Waals surface area contributed by atoms with E-state index in [4.69, 9.17) is 0 Å². The summed E-state index contributed by atoms with van der Waals surface area (Å²) in [4.78, 5) is 13.4. The van der Waals surface area contributed by atoms with Crippen LogP contribution in [0.2, 0.25) is 0 Å². The first kappa shape index (κ1) is 15.7. The van der Waals surface area contributed by atoms with Crippen LogP contribution < -0.4 is 10.2 Å². The van der Waals surface area contributed by atoms with Crippen LogP contribution in [0.1, 0.15) is 26.1 Å². The minimum absolute atomic E-state index is 0.819. The summed E-state index contributed by atoms with van der Waals surface area (Å²) in [6.07, 6.45) is 1.11. The minimum Gasteiger partial charge on any atom is -0.370 e. The van der Waals surface area contributed by atoms with Crippen molar-refractivity contribution >= 4 is 11.6 Å². The first-order valence-corrected chi connectivity index (χ1v) is 7.06. The second-order valence-corrected chi connectivity index (χ2v) is 4.91. The summed E-state index contributed by atoms with van der Waals surface area (Å²) in [6, 6.07) is 2.04. The van der Waals surface area contributed by atoms with E-state index in [9.17, 15) is 0 Å². The van der Waals surface area contributed by atoms with Crippen molar-refractivity contribution in [1.82, 2.24) is 14.9 Å². The molecule has 0 saturated carbocycles. The SMILES string of the molecule is CCN(CC)c1cc(NCCCN(C)C)nc(C)n1. The molecule has 0 unspecified atom stereocenters. The molecule has 0 amide bonds. The van der Waals surface area contributed by atoms with Crippen LogP contribution in [0.4, 0.5) is 11.6 Å². The van der Waals surface area contributed by atoms with Crippen molar-refractivity contribution in [1.29, 1.82) is 0 Å². The van der Waals surface area contributed by atoms with Crippen LogP contribution in [0.3, 0.4) is 0 Å². The Morgan fingerprint density at radius 2 is 1.84 bits per heavy atom. The standard InChI is InChI=1S/C14H27N5/c1-6-19(7-2)14-11-13(16-12(3)17-14)15-9-8-10-18(4)5/h11H,6-10H2,1-5H3,(H,15,16,17). The van der Waals surface area contributed by atoms with Gasteiger partial charge >= 0.3 is 0 Å². The van der Waals surface area contributed by atoms with E-state index in [1.54, 1.807) is 0 Å². The normalized spacial score (nSPS) is 10.8. The third-order valence-electron chi connectivity index (χ3n) is 3.00. The molecule has 0 aliphatic heterocycles. The molecule has 1 heterocycles. The number of nitrogens with zero attached hydrogens (tertiary/aromatic N) is 4. The van der Waals surface area contributed by atoms with E-state index >= 15 is 0 Å². The lowest BCUT2D eigenvalue weighted by molar-refractivity contribution is 0.405. The van der Waals surface area contributed by atoms with E-state index in [1.165, 1.54) is 0 Å². The van der Waals surface area contributed by atoms with E-state index in [0.29, 0.717) is 0 Å². The lowest BCUT2D eigenvalue weighted by atomic mass is 10.4. The highest BCUT2D eigenvalue weighted by Gasteiger charge is 2.06. The molecule has 0 aromatic carbocycles. The number of rotatable bonds is 8. The molecule has 0 radical (unpaired) electrons. The predicted molar refractivity (Wildman–Crippen MR) is 82.0 cm³/mol. The second kappa shape index (κ2) is 7.94. The molecule has 0 atom stereocenters. The number of aryl methyl sites for hydroxylation is 1. The van der Waals surface area contributed by atoms with Gasteiger partial charge in [0.25, 0.3) is 0 Å². The van der Waals surface area contributed by atoms with Gasteiger partial charge in [0.2, 0.25) is 0 Å². The van der Waals surface area contributed by atoms with Gasteiger partial charge in [0, 0.05) is 25.7 Å². The summed E-state index contributed by atoms with van der Waals surface area (Å²) < 4.78 is 0. The van der Waals surface area contributed by atoms with Crippen LogP contribution in [-0.4, -0.2) is 55.1 Å². The minimum atomic E-state index is 0.819. The number of aromatic nitrogens is 2. The largest absolute Gasteiger partial charge is 0.370 e. The van der Waals surface area contributed by atoms with E-state index in [2.05, 4.69) is 53.0 Å². The van der Waals surface area contributed by atoms with E-state index in [1.807, 2.05) is 13.0 Å². The molecule has 1 aromatic heterocycles. The van der Waals surface area contributed by atoms with Gasteiger partial charge in [0.05, 0.1) is 0 Å². The highest BCUT2D eigenvalue weighted by atomic mass is 15.2. The molecule has 0 bridgehead atoms. The van der Waals surface area contributed by atoms with Crippen LogP contribution in [0.15, 0.2) is 6.07 Å². The molecule has 19 heavy (non-hydrogen) atoms. The molecular formula is C14H27N5. The summed E-state index contributed by atoms with van der Waals surface area (Å²) in [5.74, 6) is 2.75. The monoisotopic (exact) mass is 265 g/mol. The molecule has 0 aliphatic carbocycles. The Morgan fingerprint density at radius 1 is 1.16 bits per heavy atom. The summed E-state index contributed by atoms with van der Waals surface area (Å²) >= 11 is 0. The quantitative estimate of drug-likeness (QED) is 0.728. The Balaban J connectivity index is 2.63. The van der Waals surface area contributed by atoms with Gasteiger partial charge in [-0.25, -0.2) is 9.97 Å². The highest BCUT2D eigenvalue weighted by Crippen LogP contribution is 2.15. The molecule has 1 N–H and O–H groups in total. The van der Waals surface area contributed by atoms with Crippen molar-refractivity contribution in [3.8, 4) is 0 Å². The van der Waals surface area contributed by atoms with Crippen molar-refractivity contribution in [3.63, 3.8) is 0 Å². The fraction of sp³-hybridized carbons (Fsp3) is 0.714. The molecular weight excluding hydrogens is 238 g/mol. The second-order valence-electron chi connectivity index (χ2n) is 4.91. The average Bonchev–Trinajstić information content (AvgIpc) is 2.35. The van der Waals surface area contributed by atoms with Crippen LogP contribution in [0.25, 0.3) is 0 Å². The van der Waals surface area contributed by atoms with E-state index < -0.39 is 0 Å². The fourth-order valence-electron chi connectivity index (χ4n) is 1.96. The molecule has 108 valence electrons. The molecule has 0 spiro atoms. The van der Waals surface area contributed by atoms with E-state index in [0.717, 1.165) is 50.1 Å². The van der Waals surface area contributed by atoms with E-state index in [-0.39, 0.29) is 0 Å². The summed E-state index contributed by atoms with van der Waals surface area (Å²) in [7, 11) is 4.18. The zero-order valence-corrected chi connectivity index (χ0v) is 12.9. The Bertz CT molecular complexity index is 374. The smallest absolute Gasteiger partial charge is 0.134 e. The maximum Gasteiger partial charge on any atom is 0.134 e. The van der Waals surface area contributed by atoms with Crippen LogP contribution in [0.5, 0.6) is 0 Å². The third-order valence-corrected chi connectivity index (χ3v) is 3.00. The predicted octanol–water partition coefficient (Wildman–Crippen LogP) is 1.99. The van der Waals surface area contributed by atoms with Gasteiger partial charge in [-0.2, -0.15) is 0 Å². The van der Waals surface area contributed by atoms with Crippen molar-refractivity contribution < 1.29 is 0 Å². The van der Waals surface area contributed by atoms with Gasteiger partial charge in [-0.3, -0.25) is 0 Å². The molecule has 0 fully saturated rings. The maximum absolute atomic E-state index is 4.50. The highest BCUT2D eigenvalue weighted by molar-refractivity contribution is 5.49. The Morgan fingerprint density at radius 3 is 2.42 bits per heavy atom. The molecule has 0 saturated heterocycles. The maximum atomic E-state index is 4.50.